The van der Waals surface area contributed by atoms with E-state index in [1.807, 2.05) is 6.08 Å². The van der Waals surface area contributed by atoms with Crippen LogP contribution in [0.5, 0.6) is 0 Å². The van der Waals surface area contributed by atoms with Crippen molar-refractivity contribution >= 4 is 5.97 Å². The monoisotopic (exact) mass is 274 g/mol. The van der Waals surface area contributed by atoms with Crippen LogP contribution in [0.1, 0.15) is 38.5 Å². The van der Waals surface area contributed by atoms with Crippen LogP contribution in [0.15, 0.2) is 12.7 Å². The van der Waals surface area contributed by atoms with E-state index in [1.54, 1.807) is 0 Å². The largest absolute Gasteiger partial charge is 0.465 e. The van der Waals surface area contributed by atoms with Crippen LogP contribution in [-0.4, -0.2) is 47.7 Å². The lowest BCUT2D eigenvalue weighted by molar-refractivity contribution is -0.151. The summed E-state index contributed by atoms with van der Waals surface area (Å²) in [5, 5.41) is 27.2. The van der Waals surface area contributed by atoms with Crippen LogP contribution in [-0.2, 0) is 9.53 Å². The lowest BCUT2D eigenvalue weighted by Gasteiger charge is -2.26. The molecule has 0 aromatic carbocycles. The number of ether oxygens (including phenoxy) is 1. The van der Waals surface area contributed by atoms with Crippen LogP contribution in [0.4, 0.5) is 0 Å². The smallest absolute Gasteiger partial charge is 0.305 e. The highest BCUT2D eigenvalue weighted by atomic mass is 16.5. The Balaban J connectivity index is 3.71. The Bertz CT molecular complexity index is 240. The van der Waals surface area contributed by atoms with E-state index >= 15 is 0 Å². The average molecular weight is 274 g/mol. The molecule has 19 heavy (non-hydrogen) atoms. The Morgan fingerprint density at radius 1 is 1.05 bits per heavy atom. The lowest BCUT2D eigenvalue weighted by atomic mass is 9.93. The maximum atomic E-state index is 11.4. The quantitative estimate of drug-likeness (QED) is 0.281. The Labute approximate surface area is 114 Å². The topological polar surface area (TPSA) is 87.0 Å². The zero-order valence-corrected chi connectivity index (χ0v) is 11.5. The normalized spacial score (nSPS) is 11.3. The molecule has 5 nitrogen and oxygen atoms in total. The van der Waals surface area contributed by atoms with Gasteiger partial charge in [0.05, 0.1) is 25.2 Å². The van der Waals surface area contributed by atoms with E-state index in [0.29, 0.717) is 6.42 Å². The average Bonchev–Trinajstić information content (AvgIpc) is 2.45. The molecule has 0 aromatic rings. The van der Waals surface area contributed by atoms with Crippen LogP contribution in [0.2, 0.25) is 0 Å². The van der Waals surface area contributed by atoms with E-state index in [2.05, 4.69) is 6.58 Å². The van der Waals surface area contributed by atoms with Gasteiger partial charge in [-0.2, -0.15) is 0 Å². The number of allylic oxidation sites excluding steroid dienone is 1. The predicted octanol–water partition coefficient (Wildman–Crippen LogP) is 1.02. The molecule has 0 atom stereocenters. The molecule has 0 aliphatic heterocycles. The molecule has 0 bridgehead atoms. The van der Waals surface area contributed by atoms with Crippen molar-refractivity contribution in [1.29, 1.82) is 0 Å². The van der Waals surface area contributed by atoms with Crippen LogP contribution >= 0.6 is 0 Å². The first-order valence-corrected chi connectivity index (χ1v) is 6.73. The summed E-state index contributed by atoms with van der Waals surface area (Å²) in [5.74, 6) is -0.358. The number of unbranched alkanes of at least 4 members (excludes halogenated alkanes) is 4. The second kappa shape index (κ2) is 11.0. The summed E-state index contributed by atoms with van der Waals surface area (Å²) in [6, 6.07) is 0. The first kappa shape index (κ1) is 18.1. The van der Waals surface area contributed by atoms with Gasteiger partial charge in [-0.1, -0.05) is 18.9 Å². The number of aliphatic hydroxyl groups excluding tert-OH is 3. The maximum absolute atomic E-state index is 11.4. The molecule has 3 N–H and O–H groups in total. The number of hydrogen-bond donors (Lipinski definition) is 3. The summed E-state index contributed by atoms with van der Waals surface area (Å²) in [6.07, 6.45) is 7.08. The third-order valence-electron chi connectivity index (χ3n) is 3.08. The van der Waals surface area contributed by atoms with Gasteiger partial charge in [-0.25, -0.2) is 0 Å². The van der Waals surface area contributed by atoms with E-state index in [1.165, 1.54) is 0 Å². The fourth-order valence-corrected chi connectivity index (χ4v) is 1.50. The van der Waals surface area contributed by atoms with Gasteiger partial charge in [-0.3, -0.25) is 4.79 Å². The standard InChI is InChI=1S/C14H26O5/c1-2-3-4-5-6-7-8-13(18)19-12-14(9-15,10-16)11-17/h2,15-17H,1,3-12H2. The van der Waals surface area contributed by atoms with Crippen molar-refractivity contribution in [3.05, 3.63) is 12.7 Å². The first-order chi connectivity index (χ1) is 9.14. The number of carbonyl (C=O) groups excluding carboxylic acids is 1. The van der Waals surface area contributed by atoms with Crippen molar-refractivity contribution in [2.75, 3.05) is 26.4 Å². The number of rotatable bonds is 12. The van der Waals surface area contributed by atoms with Gasteiger partial charge in [0.15, 0.2) is 0 Å². The van der Waals surface area contributed by atoms with E-state index < -0.39 is 25.2 Å². The second-order valence-electron chi connectivity index (χ2n) is 4.88. The van der Waals surface area contributed by atoms with Crippen LogP contribution in [0.25, 0.3) is 0 Å². The minimum atomic E-state index is -1.14. The molecule has 0 heterocycles. The van der Waals surface area contributed by atoms with Gasteiger partial charge in [0, 0.05) is 6.42 Å². The summed E-state index contributed by atoms with van der Waals surface area (Å²) in [6.45, 7) is 2.22. The fraction of sp³-hybridized carbons (Fsp3) is 0.786. The zero-order chi connectivity index (χ0) is 14.6. The summed E-state index contributed by atoms with van der Waals surface area (Å²) in [4.78, 5) is 11.4. The van der Waals surface area contributed by atoms with Gasteiger partial charge in [-0.05, 0) is 19.3 Å². The zero-order valence-electron chi connectivity index (χ0n) is 11.5. The minimum Gasteiger partial charge on any atom is -0.465 e. The van der Waals surface area contributed by atoms with Crippen molar-refractivity contribution in [1.82, 2.24) is 0 Å². The Hall–Kier alpha value is -0.910. The molecule has 5 heteroatoms. The van der Waals surface area contributed by atoms with Crippen molar-refractivity contribution in [2.45, 2.75) is 38.5 Å². The molecular formula is C14H26O5. The first-order valence-electron chi connectivity index (χ1n) is 6.73. The Morgan fingerprint density at radius 2 is 1.63 bits per heavy atom. The third kappa shape index (κ3) is 7.97. The fourth-order valence-electron chi connectivity index (χ4n) is 1.50. The molecule has 0 aliphatic carbocycles. The van der Waals surface area contributed by atoms with Gasteiger partial charge in [0.1, 0.15) is 6.61 Å². The molecule has 0 rings (SSSR count). The van der Waals surface area contributed by atoms with Gasteiger partial charge < -0.3 is 20.1 Å². The van der Waals surface area contributed by atoms with Gasteiger partial charge in [0.25, 0.3) is 0 Å². The van der Waals surface area contributed by atoms with Crippen LogP contribution in [0.3, 0.4) is 0 Å². The summed E-state index contributed by atoms with van der Waals surface area (Å²) >= 11 is 0. The number of carbonyl (C=O) groups is 1. The van der Waals surface area contributed by atoms with Crippen LogP contribution < -0.4 is 0 Å². The van der Waals surface area contributed by atoms with E-state index in [9.17, 15) is 4.79 Å². The van der Waals surface area contributed by atoms with Crippen molar-refractivity contribution < 1.29 is 24.9 Å². The number of hydrogen-bond acceptors (Lipinski definition) is 5. The highest BCUT2D eigenvalue weighted by Gasteiger charge is 2.29. The van der Waals surface area contributed by atoms with Crippen LogP contribution in [0, 0.1) is 5.41 Å². The molecule has 0 radical (unpaired) electrons. The minimum absolute atomic E-state index is 0.161. The van der Waals surface area contributed by atoms with E-state index in [0.717, 1.165) is 32.1 Å². The maximum Gasteiger partial charge on any atom is 0.305 e. The summed E-state index contributed by atoms with van der Waals surface area (Å²) < 4.78 is 4.97. The molecule has 112 valence electrons. The Kier molecular flexibility index (Phi) is 10.4. The molecular weight excluding hydrogens is 248 g/mol. The third-order valence-corrected chi connectivity index (χ3v) is 3.08. The van der Waals surface area contributed by atoms with Gasteiger partial charge in [-0.15, -0.1) is 6.58 Å². The molecule has 0 amide bonds. The molecule has 0 spiro atoms. The van der Waals surface area contributed by atoms with E-state index in [-0.39, 0.29) is 12.6 Å². The van der Waals surface area contributed by atoms with Gasteiger partial charge >= 0.3 is 5.97 Å². The number of esters is 1. The SMILES string of the molecule is C=CCCCCCCC(=O)OCC(CO)(CO)CO. The molecule has 0 aliphatic rings. The van der Waals surface area contributed by atoms with E-state index in [4.69, 9.17) is 20.1 Å². The van der Waals surface area contributed by atoms with Crippen molar-refractivity contribution in [3.8, 4) is 0 Å². The Morgan fingerprint density at radius 3 is 2.16 bits per heavy atom. The summed E-state index contributed by atoms with van der Waals surface area (Å²) in [7, 11) is 0. The number of aliphatic hydroxyl groups is 3. The molecule has 0 fully saturated rings. The summed E-state index contributed by atoms with van der Waals surface area (Å²) in [5.41, 5.74) is -1.14. The molecule has 0 saturated carbocycles. The van der Waals surface area contributed by atoms with Gasteiger partial charge in [0.2, 0.25) is 0 Å². The van der Waals surface area contributed by atoms with Crippen molar-refractivity contribution in [2.24, 2.45) is 5.41 Å². The predicted molar refractivity (Wildman–Crippen MR) is 72.5 cm³/mol. The lowest BCUT2D eigenvalue weighted by Crippen LogP contribution is -2.39. The van der Waals surface area contributed by atoms with Crippen molar-refractivity contribution in [3.63, 3.8) is 0 Å². The molecule has 0 unspecified atom stereocenters. The second-order valence-corrected chi connectivity index (χ2v) is 4.88. The molecule has 0 aromatic heterocycles. The highest BCUT2D eigenvalue weighted by molar-refractivity contribution is 5.69. The molecule has 0 saturated heterocycles. The highest BCUT2D eigenvalue weighted by Crippen LogP contribution is 2.16.